The van der Waals surface area contributed by atoms with E-state index in [0.29, 0.717) is 12.5 Å². The number of aryl methyl sites for hydroxylation is 2. The van der Waals surface area contributed by atoms with E-state index in [9.17, 15) is 8.42 Å². The van der Waals surface area contributed by atoms with E-state index in [2.05, 4.69) is 10.1 Å². The molecule has 0 amide bonds. The third kappa shape index (κ3) is 2.39. The average Bonchev–Trinajstić information content (AvgIpc) is 3.23. The largest absolute Gasteiger partial charge is 0.361 e. The maximum atomic E-state index is 12.6. The highest BCUT2D eigenvalue weighted by molar-refractivity contribution is 7.90. The molecule has 0 radical (unpaired) electrons. The normalized spacial score (nSPS) is 30.1. The van der Waals surface area contributed by atoms with Crippen LogP contribution in [0, 0.1) is 19.8 Å². The van der Waals surface area contributed by atoms with E-state index >= 15 is 0 Å². The SMILES string of the molecule is Cc1noc(C)c1CN1CC2CC(C1)N(S(=O)(=O)C1CC1)C2. The van der Waals surface area contributed by atoms with Crippen molar-refractivity contribution in [2.24, 2.45) is 5.92 Å². The highest BCUT2D eigenvalue weighted by Gasteiger charge is 2.49. The van der Waals surface area contributed by atoms with Gasteiger partial charge in [0.1, 0.15) is 5.76 Å². The van der Waals surface area contributed by atoms with Crippen molar-refractivity contribution in [3.8, 4) is 0 Å². The van der Waals surface area contributed by atoms with Gasteiger partial charge in [0.05, 0.1) is 10.9 Å². The molecule has 2 bridgehead atoms. The molecule has 1 aromatic rings. The fraction of sp³-hybridized carbons (Fsp3) is 0.800. The summed E-state index contributed by atoms with van der Waals surface area (Å²) in [6, 6.07) is 0.157. The molecule has 0 N–H and O–H groups in total. The molecule has 1 saturated carbocycles. The highest BCUT2D eigenvalue weighted by atomic mass is 32.2. The summed E-state index contributed by atoms with van der Waals surface area (Å²) in [6.07, 6.45) is 2.71. The molecule has 3 heterocycles. The van der Waals surface area contributed by atoms with Crippen molar-refractivity contribution in [2.75, 3.05) is 19.6 Å². The molecule has 0 aromatic carbocycles. The first-order valence-corrected chi connectivity index (χ1v) is 9.60. The van der Waals surface area contributed by atoms with Crippen molar-refractivity contribution in [3.05, 3.63) is 17.0 Å². The lowest BCUT2D eigenvalue weighted by atomic mass is 9.99. The van der Waals surface area contributed by atoms with E-state index in [4.69, 9.17) is 4.52 Å². The highest BCUT2D eigenvalue weighted by Crippen LogP contribution is 2.39. The first kappa shape index (κ1) is 14.7. The molecule has 6 nitrogen and oxygen atoms in total. The number of fused-ring (bicyclic) bond motifs is 2. The van der Waals surface area contributed by atoms with Crippen LogP contribution in [-0.4, -0.2) is 53.7 Å². The number of nitrogens with zero attached hydrogens (tertiary/aromatic N) is 3. The van der Waals surface area contributed by atoms with Crippen LogP contribution in [0.3, 0.4) is 0 Å². The molecule has 4 rings (SSSR count). The molecule has 2 unspecified atom stereocenters. The van der Waals surface area contributed by atoms with Crippen molar-refractivity contribution >= 4 is 10.0 Å². The molecule has 2 aliphatic heterocycles. The first-order chi connectivity index (χ1) is 10.4. The van der Waals surface area contributed by atoms with Gasteiger partial charge in [-0.1, -0.05) is 5.16 Å². The number of hydrogen-bond acceptors (Lipinski definition) is 5. The summed E-state index contributed by atoms with van der Waals surface area (Å²) in [6.45, 7) is 7.23. The van der Waals surface area contributed by atoms with Gasteiger partial charge in [0.2, 0.25) is 10.0 Å². The summed E-state index contributed by atoms with van der Waals surface area (Å²) in [5.41, 5.74) is 2.09. The molecular formula is C15H23N3O3S. The molecule has 7 heteroatoms. The van der Waals surface area contributed by atoms with Crippen LogP contribution >= 0.6 is 0 Å². The second-order valence-electron chi connectivity index (χ2n) is 7.07. The van der Waals surface area contributed by atoms with Crippen LogP contribution < -0.4 is 0 Å². The van der Waals surface area contributed by atoms with Crippen LogP contribution in [0.4, 0.5) is 0 Å². The Morgan fingerprint density at radius 2 is 2.00 bits per heavy atom. The summed E-state index contributed by atoms with van der Waals surface area (Å²) in [4.78, 5) is 2.37. The minimum Gasteiger partial charge on any atom is -0.361 e. The number of rotatable bonds is 4. The standard InChI is InChI=1S/C15H23N3O3S/c1-10-15(11(2)21-16-10)9-17-6-12-5-13(8-17)18(7-12)22(19,20)14-3-4-14/h12-14H,3-9H2,1-2H3. The van der Waals surface area contributed by atoms with Crippen LogP contribution in [0.5, 0.6) is 0 Å². The third-order valence-corrected chi connectivity index (χ3v) is 7.69. The summed E-state index contributed by atoms with van der Waals surface area (Å²) in [7, 11) is -3.05. The number of sulfonamides is 1. The monoisotopic (exact) mass is 325 g/mol. The maximum Gasteiger partial charge on any atom is 0.217 e. The van der Waals surface area contributed by atoms with Crippen molar-refractivity contribution in [1.29, 1.82) is 0 Å². The van der Waals surface area contributed by atoms with Crippen molar-refractivity contribution < 1.29 is 12.9 Å². The zero-order chi connectivity index (χ0) is 15.5. The Morgan fingerprint density at radius 3 is 2.64 bits per heavy atom. The Bertz CT molecular complexity index is 661. The molecule has 3 fully saturated rings. The predicted octanol–water partition coefficient (Wildman–Crippen LogP) is 1.29. The molecule has 1 aliphatic carbocycles. The molecule has 1 aromatic heterocycles. The first-order valence-electron chi connectivity index (χ1n) is 8.10. The van der Waals surface area contributed by atoms with E-state index in [0.717, 1.165) is 55.9 Å². The van der Waals surface area contributed by atoms with Gasteiger partial charge < -0.3 is 4.52 Å². The summed E-state index contributed by atoms with van der Waals surface area (Å²) in [5.74, 6) is 1.34. The van der Waals surface area contributed by atoms with Crippen LogP contribution in [0.1, 0.15) is 36.3 Å². The number of hydrogen-bond donors (Lipinski definition) is 0. The van der Waals surface area contributed by atoms with Crippen LogP contribution in [0.2, 0.25) is 0 Å². The molecule has 122 valence electrons. The number of piperidine rings is 1. The molecule has 0 spiro atoms. The number of aromatic nitrogens is 1. The van der Waals surface area contributed by atoms with Gasteiger partial charge in [-0.3, -0.25) is 4.90 Å². The Morgan fingerprint density at radius 1 is 1.23 bits per heavy atom. The van der Waals surface area contributed by atoms with E-state index in [-0.39, 0.29) is 11.3 Å². The van der Waals surface area contributed by atoms with Crippen molar-refractivity contribution in [3.63, 3.8) is 0 Å². The van der Waals surface area contributed by atoms with Crippen LogP contribution in [-0.2, 0) is 16.6 Å². The van der Waals surface area contributed by atoms with E-state index < -0.39 is 10.0 Å². The van der Waals surface area contributed by atoms with Gasteiger partial charge in [0, 0.05) is 37.8 Å². The number of likely N-dealkylation sites (tertiary alicyclic amines) is 1. The van der Waals surface area contributed by atoms with Gasteiger partial charge in [0.15, 0.2) is 0 Å². The zero-order valence-electron chi connectivity index (χ0n) is 13.2. The van der Waals surface area contributed by atoms with Gasteiger partial charge in [-0.2, -0.15) is 4.31 Å². The summed E-state index contributed by atoms with van der Waals surface area (Å²) < 4.78 is 32.2. The van der Waals surface area contributed by atoms with Crippen LogP contribution in [0.25, 0.3) is 0 Å². The Balaban J connectivity index is 1.49. The molecule has 2 saturated heterocycles. The fourth-order valence-electron chi connectivity index (χ4n) is 3.97. The lowest BCUT2D eigenvalue weighted by Gasteiger charge is -2.32. The Hall–Kier alpha value is -0.920. The molecular weight excluding hydrogens is 302 g/mol. The minimum atomic E-state index is -3.05. The Kier molecular flexibility index (Phi) is 3.36. The van der Waals surface area contributed by atoms with Crippen molar-refractivity contribution in [2.45, 2.75) is 50.9 Å². The fourth-order valence-corrected chi connectivity index (χ4v) is 6.07. The van der Waals surface area contributed by atoms with E-state index in [1.165, 1.54) is 0 Å². The van der Waals surface area contributed by atoms with E-state index in [1.54, 1.807) is 0 Å². The van der Waals surface area contributed by atoms with Gasteiger partial charge in [-0.25, -0.2) is 8.42 Å². The lowest BCUT2D eigenvalue weighted by molar-refractivity contribution is 0.175. The van der Waals surface area contributed by atoms with Gasteiger partial charge in [0.25, 0.3) is 0 Å². The predicted molar refractivity (Wildman–Crippen MR) is 81.8 cm³/mol. The molecule has 2 atom stereocenters. The molecule has 3 aliphatic rings. The van der Waals surface area contributed by atoms with Gasteiger partial charge >= 0.3 is 0 Å². The summed E-state index contributed by atoms with van der Waals surface area (Å²) >= 11 is 0. The van der Waals surface area contributed by atoms with Gasteiger partial charge in [-0.15, -0.1) is 0 Å². The second-order valence-corrected chi connectivity index (χ2v) is 9.23. The minimum absolute atomic E-state index is 0.0946. The lowest BCUT2D eigenvalue weighted by Crippen LogP contribution is -2.44. The van der Waals surface area contributed by atoms with Gasteiger partial charge in [-0.05, 0) is 39.0 Å². The van der Waals surface area contributed by atoms with Crippen molar-refractivity contribution in [1.82, 2.24) is 14.4 Å². The van der Waals surface area contributed by atoms with Crippen LogP contribution in [0.15, 0.2) is 4.52 Å². The smallest absolute Gasteiger partial charge is 0.217 e. The quantitative estimate of drug-likeness (QED) is 0.834. The molecule has 22 heavy (non-hydrogen) atoms. The average molecular weight is 325 g/mol. The Labute approximate surface area is 131 Å². The third-order valence-electron chi connectivity index (χ3n) is 5.27. The van der Waals surface area contributed by atoms with E-state index in [1.807, 2.05) is 18.2 Å². The topological polar surface area (TPSA) is 66.7 Å². The second kappa shape index (κ2) is 5.04. The maximum absolute atomic E-state index is 12.6. The summed E-state index contributed by atoms with van der Waals surface area (Å²) in [5, 5.41) is 3.92. The zero-order valence-corrected chi connectivity index (χ0v) is 14.0.